The molecule has 4 aliphatic carbocycles. The highest BCUT2D eigenvalue weighted by atomic mass is 16.8. The molecule has 6 aliphatic rings. The quantitative estimate of drug-likeness (QED) is 0.504. The number of rotatable bonds is 3. The summed E-state index contributed by atoms with van der Waals surface area (Å²) in [6.45, 7) is 6.58. The fourth-order valence-corrected chi connectivity index (χ4v) is 8.02. The normalized spacial score (nSPS) is 44.5. The second kappa shape index (κ2) is 10.2. The molecular weight excluding hydrogens is 476 g/mol. The SMILES string of the molecule is CC(C)[C@@H]1CC[C@@H](C)C[C@H]1OC(=O)O[C@@H]1[C@@H](O)[C@@H]2OC3(CCCCC3)O[C@H]2[C@@H]2OC3(CCCCC3)O[C@@H]21. The predicted octanol–water partition coefficient (Wildman–Crippen LogP) is 5.23. The van der Waals surface area contributed by atoms with Crippen molar-refractivity contribution >= 4 is 6.16 Å². The summed E-state index contributed by atoms with van der Waals surface area (Å²) in [5.74, 6) is -0.161. The van der Waals surface area contributed by atoms with E-state index in [9.17, 15) is 9.90 Å². The Morgan fingerprint density at radius 1 is 0.784 bits per heavy atom. The Balaban J connectivity index is 1.22. The van der Waals surface area contributed by atoms with Gasteiger partial charge >= 0.3 is 6.16 Å². The van der Waals surface area contributed by atoms with Crippen LogP contribution in [0.2, 0.25) is 0 Å². The van der Waals surface area contributed by atoms with Crippen LogP contribution in [0.4, 0.5) is 4.79 Å². The minimum Gasteiger partial charge on any atom is -0.431 e. The van der Waals surface area contributed by atoms with Crippen LogP contribution in [-0.4, -0.2) is 65.6 Å². The van der Waals surface area contributed by atoms with Crippen molar-refractivity contribution in [3.8, 4) is 0 Å². The average molecular weight is 523 g/mol. The number of hydrogen-bond donors (Lipinski definition) is 1. The first-order valence-corrected chi connectivity index (χ1v) is 15.0. The zero-order valence-corrected chi connectivity index (χ0v) is 22.8. The number of hydrogen-bond acceptors (Lipinski definition) is 8. The van der Waals surface area contributed by atoms with Gasteiger partial charge in [-0.2, -0.15) is 0 Å². The third-order valence-electron chi connectivity index (χ3n) is 10.0. The summed E-state index contributed by atoms with van der Waals surface area (Å²) in [5.41, 5.74) is 0. The van der Waals surface area contributed by atoms with Crippen molar-refractivity contribution in [1.82, 2.24) is 0 Å². The Kier molecular flexibility index (Phi) is 7.27. The Morgan fingerprint density at radius 3 is 1.92 bits per heavy atom. The fraction of sp³-hybridized carbons (Fsp3) is 0.966. The van der Waals surface area contributed by atoms with Gasteiger partial charge < -0.3 is 33.5 Å². The zero-order valence-electron chi connectivity index (χ0n) is 22.8. The highest BCUT2D eigenvalue weighted by Gasteiger charge is 2.67. The molecule has 6 rings (SSSR count). The summed E-state index contributed by atoms with van der Waals surface area (Å²) in [4.78, 5) is 13.2. The Hall–Kier alpha value is -0.930. The van der Waals surface area contributed by atoms with Gasteiger partial charge in [-0.05, 0) is 56.3 Å². The van der Waals surface area contributed by atoms with Crippen LogP contribution in [0.1, 0.15) is 104 Å². The van der Waals surface area contributed by atoms with Gasteiger partial charge in [0.15, 0.2) is 17.7 Å². The highest BCUT2D eigenvalue weighted by Crippen LogP contribution is 2.52. The van der Waals surface area contributed by atoms with Gasteiger partial charge in [0.25, 0.3) is 0 Å². The molecule has 0 aromatic carbocycles. The molecule has 0 aromatic heterocycles. The minimum absolute atomic E-state index is 0.178. The van der Waals surface area contributed by atoms with E-state index in [0.717, 1.165) is 83.5 Å². The van der Waals surface area contributed by atoms with E-state index in [1.165, 1.54) is 0 Å². The lowest BCUT2D eigenvalue weighted by Crippen LogP contribution is -2.62. The van der Waals surface area contributed by atoms with Crippen molar-refractivity contribution < 1.29 is 38.3 Å². The molecule has 0 amide bonds. The van der Waals surface area contributed by atoms with Crippen LogP contribution < -0.4 is 0 Å². The van der Waals surface area contributed by atoms with Gasteiger partial charge in [0, 0.05) is 25.7 Å². The van der Waals surface area contributed by atoms with Gasteiger partial charge in [-0.1, -0.05) is 40.0 Å². The molecule has 210 valence electrons. The van der Waals surface area contributed by atoms with E-state index in [1.807, 2.05) is 0 Å². The van der Waals surface area contributed by atoms with E-state index < -0.39 is 54.4 Å². The smallest absolute Gasteiger partial charge is 0.431 e. The Bertz CT molecular complexity index is 819. The van der Waals surface area contributed by atoms with Crippen LogP contribution in [-0.2, 0) is 28.4 Å². The second-order valence-electron chi connectivity index (χ2n) is 13.1. The van der Waals surface area contributed by atoms with Gasteiger partial charge in [0.1, 0.15) is 36.6 Å². The van der Waals surface area contributed by atoms with Crippen molar-refractivity contribution in [3.05, 3.63) is 0 Å². The summed E-state index contributed by atoms with van der Waals surface area (Å²) in [5, 5.41) is 11.6. The maximum Gasteiger partial charge on any atom is 0.509 e. The zero-order chi connectivity index (χ0) is 25.8. The number of carbonyl (C=O) groups is 1. The van der Waals surface area contributed by atoms with Crippen LogP contribution in [0.3, 0.4) is 0 Å². The highest BCUT2D eigenvalue weighted by molar-refractivity contribution is 5.60. The molecule has 0 unspecified atom stereocenters. The van der Waals surface area contributed by atoms with E-state index in [0.29, 0.717) is 17.8 Å². The number of ether oxygens (including phenoxy) is 6. The van der Waals surface area contributed by atoms with E-state index in [1.54, 1.807) is 0 Å². The maximum atomic E-state index is 13.2. The molecule has 6 fully saturated rings. The van der Waals surface area contributed by atoms with Crippen LogP contribution >= 0.6 is 0 Å². The van der Waals surface area contributed by atoms with E-state index in [2.05, 4.69) is 20.8 Å². The van der Waals surface area contributed by atoms with Crippen molar-refractivity contribution in [2.24, 2.45) is 17.8 Å². The molecule has 0 aromatic rings. The molecule has 0 radical (unpaired) electrons. The summed E-state index contributed by atoms with van der Waals surface area (Å²) in [7, 11) is 0. The monoisotopic (exact) mass is 522 g/mol. The van der Waals surface area contributed by atoms with Crippen molar-refractivity contribution in [3.63, 3.8) is 0 Å². The molecule has 2 aliphatic heterocycles. The minimum atomic E-state index is -1.08. The third kappa shape index (κ3) is 4.94. The molecule has 8 nitrogen and oxygen atoms in total. The number of carbonyl (C=O) groups excluding carboxylic acids is 1. The standard InChI is InChI=1S/C29H46O8/c1-17(2)19-11-10-18(3)16-20(19)32-27(31)33-22-21(30)23-25(36-28(34-23)12-6-4-7-13-28)26-24(22)35-29(37-26)14-8-5-9-15-29/h17-26,30H,4-16H2,1-3H3/t18-,19+,20-,21-,22-,23+,24-,25-,26-/m1/s1. The third-order valence-corrected chi connectivity index (χ3v) is 10.0. The molecule has 2 heterocycles. The lowest BCUT2D eigenvalue weighted by Gasteiger charge is -2.40. The largest absolute Gasteiger partial charge is 0.509 e. The van der Waals surface area contributed by atoms with Crippen molar-refractivity contribution in [2.45, 2.75) is 159 Å². The molecule has 2 spiro atoms. The molecule has 0 bridgehead atoms. The topological polar surface area (TPSA) is 92.7 Å². The molecule has 37 heavy (non-hydrogen) atoms. The van der Waals surface area contributed by atoms with Gasteiger partial charge in [0.2, 0.25) is 0 Å². The number of aliphatic hydroxyl groups is 1. The van der Waals surface area contributed by atoms with E-state index in [-0.39, 0.29) is 6.10 Å². The number of aliphatic hydroxyl groups excluding tert-OH is 1. The first-order valence-electron chi connectivity index (χ1n) is 15.0. The lowest BCUT2D eigenvalue weighted by atomic mass is 9.75. The summed E-state index contributed by atoms with van der Waals surface area (Å²) in [6, 6.07) is 0. The Labute approximate surface area is 221 Å². The maximum absolute atomic E-state index is 13.2. The molecule has 1 N–H and O–H groups in total. The van der Waals surface area contributed by atoms with E-state index in [4.69, 9.17) is 28.4 Å². The van der Waals surface area contributed by atoms with Crippen molar-refractivity contribution in [1.29, 1.82) is 0 Å². The molecule has 2 saturated heterocycles. The van der Waals surface area contributed by atoms with Gasteiger partial charge in [-0.15, -0.1) is 0 Å². The van der Waals surface area contributed by atoms with Crippen molar-refractivity contribution in [2.75, 3.05) is 0 Å². The number of fused-ring (bicyclic) bond motifs is 3. The van der Waals surface area contributed by atoms with Crippen LogP contribution in [0.15, 0.2) is 0 Å². The summed E-state index contributed by atoms with van der Waals surface area (Å²) in [6.07, 6.45) is 7.64. The summed E-state index contributed by atoms with van der Waals surface area (Å²) >= 11 is 0. The molecule has 9 atom stereocenters. The van der Waals surface area contributed by atoms with E-state index >= 15 is 0 Å². The van der Waals surface area contributed by atoms with Crippen LogP contribution in [0.25, 0.3) is 0 Å². The van der Waals surface area contributed by atoms with Gasteiger partial charge in [-0.25, -0.2) is 4.79 Å². The Morgan fingerprint density at radius 2 is 1.32 bits per heavy atom. The van der Waals surface area contributed by atoms with Crippen LogP contribution in [0.5, 0.6) is 0 Å². The molecular formula is C29H46O8. The fourth-order valence-electron chi connectivity index (χ4n) is 8.02. The summed E-state index contributed by atoms with van der Waals surface area (Å²) < 4.78 is 38.2. The first-order chi connectivity index (χ1) is 17.8. The first kappa shape index (κ1) is 26.3. The molecule has 8 heteroatoms. The lowest BCUT2D eigenvalue weighted by molar-refractivity contribution is -0.225. The average Bonchev–Trinajstić information content (AvgIpc) is 3.41. The van der Waals surface area contributed by atoms with Crippen LogP contribution in [0, 0.1) is 17.8 Å². The second-order valence-corrected chi connectivity index (χ2v) is 13.1. The molecule has 4 saturated carbocycles. The van der Waals surface area contributed by atoms with Gasteiger partial charge in [-0.3, -0.25) is 0 Å². The van der Waals surface area contributed by atoms with Gasteiger partial charge in [0.05, 0.1) is 0 Å². The predicted molar refractivity (Wildman–Crippen MR) is 134 cm³/mol.